The van der Waals surface area contributed by atoms with Gasteiger partial charge in [-0.05, 0) is 23.6 Å². The maximum absolute atomic E-state index is 12.0. The molecule has 0 spiro atoms. The van der Waals surface area contributed by atoms with Crippen LogP contribution >= 0.6 is 0 Å². The first-order chi connectivity index (χ1) is 10.6. The Hall–Kier alpha value is -2.18. The van der Waals surface area contributed by atoms with Crippen molar-refractivity contribution in [1.29, 1.82) is 0 Å². The molecule has 1 fully saturated rings. The van der Waals surface area contributed by atoms with E-state index in [4.69, 9.17) is 0 Å². The highest BCUT2D eigenvalue weighted by Gasteiger charge is 2.27. The lowest BCUT2D eigenvalue weighted by molar-refractivity contribution is -0.123. The van der Waals surface area contributed by atoms with E-state index in [0.29, 0.717) is 19.5 Å². The molecule has 0 aliphatic carbocycles. The zero-order chi connectivity index (χ0) is 15.5. The van der Waals surface area contributed by atoms with Crippen molar-refractivity contribution in [2.24, 2.45) is 7.05 Å². The van der Waals surface area contributed by atoms with E-state index in [0.717, 1.165) is 16.8 Å². The normalized spacial score (nSPS) is 21.0. The van der Waals surface area contributed by atoms with E-state index in [1.165, 1.54) is 0 Å². The summed E-state index contributed by atoms with van der Waals surface area (Å²) < 4.78 is 1.83. The highest BCUT2D eigenvalue weighted by atomic mass is 16.3. The minimum atomic E-state index is -0.422. The van der Waals surface area contributed by atoms with Crippen LogP contribution in [0.4, 0.5) is 0 Å². The van der Waals surface area contributed by atoms with Crippen LogP contribution in [0.25, 0.3) is 11.3 Å². The van der Waals surface area contributed by atoms with Crippen LogP contribution in [0.1, 0.15) is 12.0 Å². The van der Waals surface area contributed by atoms with E-state index < -0.39 is 6.10 Å². The van der Waals surface area contributed by atoms with Crippen LogP contribution in [0.5, 0.6) is 0 Å². The van der Waals surface area contributed by atoms with E-state index in [1.807, 2.05) is 42.1 Å². The zero-order valence-corrected chi connectivity index (χ0v) is 12.5. The quantitative estimate of drug-likeness (QED) is 0.765. The zero-order valence-electron chi connectivity index (χ0n) is 12.5. The third-order valence-corrected chi connectivity index (χ3v) is 3.96. The van der Waals surface area contributed by atoms with E-state index >= 15 is 0 Å². The summed E-state index contributed by atoms with van der Waals surface area (Å²) in [5, 5.41) is 19.5. The number of β-amino-alcohol motifs (C(OH)–C–C–N with tert-alkyl or cyclic N) is 1. The summed E-state index contributed by atoms with van der Waals surface area (Å²) in [5.41, 5.74) is 3.19. The molecule has 1 aromatic carbocycles. The number of rotatable bonds is 4. The van der Waals surface area contributed by atoms with Crippen molar-refractivity contribution in [3.63, 3.8) is 0 Å². The Balaban J connectivity index is 1.57. The molecule has 1 saturated heterocycles. The second-order valence-electron chi connectivity index (χ2n) is 5.61. The molecule has 3 N–H and O–H groups in total. The predicted molar refractivity (Wildman–Crippen MR) is 82.9 cm³/mol. The van der Waals surface area contributed by atoms with Gasteiger partial charge in [-0.25, -0.2) is 0 Å². The van der Waals surface area contributed by atoms with E-state index in [1.54, 1.807) is 6.20 Å². The molecular formula is C16H20N4O2. The maximum atomic E-state index is 12.0. The molecule has 0 bridgehead atoms. The van der Waals surface area contributed by atoms with Gasteiger partial charge in [0.05, 0.1) is 17.8 Å². The van der Waals surface area contributed by atoms with Crippen LogP contribution in [0.3, 0.4) is 0 Å². The number of hydrogen-bond acceptors (Lipinski definition) is 4. The summed E-state index contributed by atoms with van der Waals surface area (Å²) in [6.07, 6.45) is 1.83. The molecule has 2 heterocycles. The lowest BCUT2D eigenvalue weighted by atomic mass is 10.1. The molecule has 1 aliphatic rings. The minimum Gasteiger partial charge on any atom is -0.392 e. The van der Waals surface area contributed by atoms with Crippen molar-refractivity contribution in [3.05, 3.63) is 42.1 Å². The molecule has 2 aromatic rings. The van der Waals surface area contributed by atoms with Crippen LogP contribution < -0.4 is 10.6 Å². The van der Waals surface area contributed by atoms with Crippen molar-refractivity contribution in [3.8, 4) is 11.3 Å². The number of aliphatic hydroxyl groups excluding tert-OH is 1. The summed E-state index contributed by atoms with van der Waals surface area (Å²) in [4.78, 5) is 12.0. The van der Waals surface area contributed by atoms with Gasteiger partial charge in [0, 0.05) is 26.3 Å². The van der Waals surface area contributed by atoms with Gasteiger partial charge in [0.1, 0.15) is 0 Å². The van der Waals surface area contributed by atoms with E-state index in [2.05, 4.69) is 15.7 Å². The molecule has 116 valence electrons. The number of benzene rings is 1. The van der Waals surface area contributed by atoms with Crippen LogP contribution in [0.2, 0.25) is 0 Å². The van der Waals surface area contributed by atoms with Crippen LogP contribution in [-0.4, -0.2) is 39.5 Å². The first-order valence-corrected chi connectivity index (χ1v) is 7.40. The second kappa shape index (κ2) is 6.29. The van der Waals surface area contributed by atoms with Crippen LogP contribution in [-0.2, 0) is 18.4 Å². The monoisotopic (exact) mass is 300 g/mol. The standard InChI is InChI=1S/C16H20N4O2/c1-20-15(6-7-19-20)12-4-2-11(3-5-12)9-18-16(22)14-8-13(21)10-17-14/h2-7,13-14,17,21H,8-10H2,1H3,(H,18,22)/t13-,14+/m1/s1. The maximum Gasteiger partial charge on any atom is 0.237 e. The Morgan fingerprint density at radius 1 is 1.41 bits per heavy atom. The van der Waals surface area contributed by atoms with Crippen molar-refractivity contribution >= 4 is 5.91 Å². The fraction of sp³-hybridized carbons (Fsp3) is 0.375. The molecule has 0 unspecified atom stereocenters. The Labute approximate surface area is 129 Å². The van der Waals surface area contributed by atoms with Gasteiger partial charge in [-0.15, -0.1) is 0 Å². The van der Waals surface area contributed by atoms with Gasteiger partial charge >= 0.3 is 0 Å². The SMILES string of the molecule is Cn1nccc1-c1ccc(CNC(=O)[C@@H]2C[C@@H](O)CN2)cc1. The Morgan fingerprint density at radius 3 is 2.77 bits per heavy atom. The highest BCUT2D eigenvalue weighted by molar-refractivity contribution is 5.82. The number of carbonyl (C=O) groups excluding carboxylic acids is 1. The number of nitrogens with zero attached hydrogens (tertiary/aromatic N) is 2. The lowest BCUT2D eigenvalue weighted by Gasteiger charge is -2.11. The Morgan fingerprint density at radius 2 is 2.18 bits per heavy atom. The smallest absolute Gasteiger partial charge is 0.237 e. The number of aliphatic hydroxyl groups is 1. The average Bonchev–Trinajstić information content (AvgIpc) is 3.14. The summed E-state index contributed by atoms with van der Waals surface area (Å²) in [6.45, 7) is 0.969. The average molecular weight is 300 g/mol. The van der Waals surface area contributed by atoms with E-state index in [9.17, 15) is 9.90 Å². The molecule has 3 rings (SSSR count). The molecule has 0 radical (unpaired) electrons. The number of nitrogens with one attached hydrogen (secondary N) is 2. The van der Waals surface area contributed by atoms with Crippen molar-refractivity contribution in [2.75, 3.05) is 6.54 Å². The number of hydrogen-bond donors (Lipinski definition) is 3. The molecule has 1 amide bonds. The predicted octanol–water partition coefficient (Wildman–Crippen LogP) is 0.426. The fourth-order valence-electron chi connectivity index (χ4n) is 2.68. The van der Waals surface area contributed by atoms with Gasteiger partial charge in [0.2, 0.25) is 5.91 Å². The number of carbonyl (C=O) groups is 1. The first kappa shape index (κ1) is 14.7. The number of aromatic nitrogens is 2. The van der Waals surface area contributed by atoms with Gasteiger partial charge < -0.3 is 15.7 Å². The number of amides is 1. The van der Waals surface area contributed by atoms with Crippen molar-refractivity contribution < 1.29 is 9.90 Å². The van der Waals surface area contributed by atoms with Crippen LogP contribution in [0.15, 0.2) is 36.5 Å². The molecule has 2 atom stereocenters. The van der Waals surface area contributed by atoms with Crippen molar-refractivity contribution in [1.82, 2.24) is 20.4 Å². The topological polar surface area (TPSA) is 79.2 Å². The van der Waals surface area contributed by atoms with Gasteiger partial charge in [0.25, 0.3) is 0 Å². The lowest BCUT2D eigenvalue weighted by Crippen LogP contribution is -2.39. The molecular weight excluding hydrogens is 280 g/mol. The van der Waals surface area contributed by atoms with Crippen molar-refractivity contribution in [2.45, 2.75) is 25.1 Å². The summed E-state index contributed by atoms with van der Waals surface area (Å²) >= 11 is 0. The molecule has 1 aliphatic heterocycles. The third-order valence-electron chi connectivity index (χ3n) is 3.96. The molecule has 6 heteroatoms. The summed E-state index contributed by atoms with van der Waals surface area (Å²) in [5.74, 6) is -0.0627. The molecule has 6 nitrogen and oxygen atoms in total. The Bertz CT molecular complexity index is 650. The van der Waals surface area contributed by atoms with E-state index in [-0.39, 0.29) is 11.9 Å². The third kappa shape index (κ3) is 3.18. The largest absolute Gasteiger partial charge is 0.392 e. The van der Waals surface area contributed by atoms with Gasteiger partial charge in [0.15, 0.2) is 0 Å². The molecule has 0 saturated carbocycles. The second-order valence-corrected chi connectivity index (χ2v) is 5.61. The summed E-state index contributed by atoms with van der Waals surface area (Å²) in [6, 6.07) is 9.72. The number of aryl methyl sites for hydroxylation is 1. The molecule has 1 aromatic heterocycles. The fourth-order valence-corrected chi connectivity index (χ4v) is 2.68. The first-order valence-electron chi connectivity index (χ1n) is 7.40. The highest BCUT2D eigenvalue weighted by Crippen LogP contribution is 2.18. The minimum absolute atomic E-state index is 0.0627. The summed E-state index contributed by atoms with van der Waals surface area (Å²) in [7, 11) is 1.91. The van der Waals surface area contributed by atoms with Gasteiger partial charge in [-0.3, -0.25) is 9.48 Å². The van der Waals surface area contributed by atoms with Gasteiger partial charge in [-0.1, -0.05) is 24.3 Å². The molecule has 22 heavy (non-hydrogen) atoms. The van der Waals surface area contributed by atoms with Gasteiger partial charge in [-0.2, -0.15) is 5.10 Å². The van der Waals surface area contributed by atoms with Crippen LogP contribution in [0, 0.1) is 0 Å². The Kier molecular flexibility index (Phi) is 4.22.